The number of hydrogen-bond acceptors (Lipinski definition) is 4. The maximum atomic E-state index is 5.73. The van der Waals surface area contributed by atoms with Gasteiger partial charge in [0.15, 0.2) is 11.6 Å². The second kappa shape index (κ2) is 4.23. The lowest BCUT2D eigenvalue weighted by molar-refractivity contribution is 0.624. The molecule has 2 N–H and O–H groups in total. The maximum absolute atomic E-state index is 5.73. The SMILES string of the molecule is Cc1cnc(-c2cc3ccccc3o2)nc1CN. The van der Waals surface area contributed by atoms with Crippen LogP contribution in [0.1, 0.15) is 11.3 Å². The van der Waals surface area contributed by atoms with Gasteiger partial charge in [-0.15, -0.1) is 0 Å². The van der Waals surface area contributed by atoms with E-state index in [1.807, 2.05) is 37.3 Å². The number of nitrogens with zero attached hydrogens (tertiary/aromatic N) is 2. The van der Waals surface area contributed by atoms with E-state index in [0.29, 0.717) is 18.1 Å². The summed E-state index contributed by atoms with van der Waals surface area (Å²) in [4.78, 5) is 8.72. The Balaban J connectivity index is 2.13. The topological polar surface area (TPSA) is 64.9 Å². The summed E-state index contributed by atoms with van der Waals surface area (Å²) in [5.74, 6) is 1.25. The predicted octanol–water partition coefficient (Wildman–Crippen LogP) is 2.66. The first kappa shape index (κ1) is 10.9. The molecule has 0 unspecified atom stereocenters. The van der Waals surface area contributed by atoms with E-state index < -0.39 is 0 Å². The van der Waals surface area contributed by atoms with Gasteiger partial charge in [-0.25, -0.2) is 9.97 Å². The van der Waals surface area contributed by atoms with Gasteiger partial charge in [0.05, 0.1) is 5.69 Å². The van der Waals surface area contributed by atoms with Crippen molar-refractivity contribution in [3.05, 3.63) is 47.8 Å². The number of aryl methyl sites for hydroxylation is 1. The summed E-state index contributed by atoms with van der Waals surface area (Å²) < 4.78 is 5.73. The third kappa shape index (κ3) is 1.76. The van der Waals surface area contributed by atoms with Gasteiger partial charge in [0, 0.05) is 18.1 Å². The third-order valence-electron chi connectivity index (χ3n) is 2.92. The molecule has 18 heavy (non-hydrogen) atoms. The molecule has 90 valence electrons. The smallest absolute Gasteiger partial charge is 0.195 e. The van der Waals surface area contributed by atoms with E-state index in [4.69, 9.17) is 10.2 Å². The number of hydrogen-bond donors (Lipinski definition) is 1. The molecule has 4 heteroatoms. The van der Waals surface area contributed by atoms with Crippen LogP contribution >= 0.6 is 0 Å². The Hall–Kier alpha value is -2.20. The Morgan fingerprint density at radius 2 is 2.11 bits per heavy atom. The summed E-state index contributed by atoms with van der Waals surface area (Å²) in [7, 11) is 0. The van der Waals surface area contributed by atoms with Crippen LogP contribution in [0.15, 0.2) is 40.9 Å². The lowest BCUT2D eigenvalue weighted by Gasteiger charge is -2.02. The maximum Gasteiger partial charge on any atom is 0.195 e. The highest BCUT2D eigenvalue weighted by atomic mass is 16.3. The summed E-state index contributed by atoms with van der Waals surface area (Å²) in [5.41, 5.74) is 8.34. The Bertz CT molecular complexity index is 670. The molecule has 4 nitrogen and oxygen atoms in total. The molecule has 0 saturated carbocycles. The van der Waals surface area contributed by atoms with Gasteiger partial charge < -0.3 is 10.2 Å². The first-order valence-electron chi connectivity index (χ1n) is 5.79. The summed E-state index contributed by atoms with van der Waals surface area (Å²) in [5, 5.41) is 1.05. The van der Waals surface area contributed by atoms with E-state index in [0.717, 1.165) is 22.2 Å². The number of para-hydroxylation sites is 1. The van der Waals surface area contributed by atoms with Crippen LogP contribution in [0.5, 0.6) is 0 Å². The average Bonchev–Trinajstić information content (AvgIpc) is 2.83. The first-order valence-corrected chi connectivity index (χ1v) is 5.79. The van der Waals surface area contributed by atoms with Crippen LogP contribution in [-0.4, -0.2) is 9.97 Å². The number of furan rings is 1. The number of fused-ring (bicyclic) bond motifs is 1. The lowest BCUT2D eigenvalue weighted by atomic mass is 10.2. The van der Waals surface area contributed by atoms with Crippen molar-refractivity contribution in [2.75, 3.05) is 0 Å². The van der Waals surface area contributed by atoms with Crippen LogP contribution in [0.4, 0.5) is 0 Å². The van der Waals surface area contributed by atoms with Gasteiger partial charge in [-0.05, 0) is 24.6 Å². The predicted molar refractivity (Wildman–Crippen MR) is 69.9 cm³/mol. The van der Waals surface area contributed by atoms with E-state index in [1.165, 1.54) is 0 Å². The normalized spacial score (nSPS) is 11.0. The molecule has 3 rings (SSSR count). The number of rotatable bonds is 2. The van der Waals surface area contributed by atoms with Crippen LogP contribution < -0.4 is 5.73 Å². The Kier molecular flexibility index (Phi) is 2.57. The van der Waals surface area contributed by atoms with Crippen molar-refractivity contribution in [3.8, 4) is 11.6 Å². The molecule has 2 aromatic heterocycles. The Morgan fingerprint density at radius 3 is 2.89 bits per heavy atom. The zero-order chi connectivity index (χ0) is 12.5. The second-order valence-electron chi connectivity index (χ2n) is 4.18. The van der Waals surface area contributed by atoms with Gasteiger partial charge in [-0.3, -0.25) is 0 Å². The van der Waals surface area contributed by atoms with Crippen LogP contribution in [0.2, 0.25) is 0 Å². The molecule has 0 fully saturated rings. The zero-order valence-electron chi connectivity index (χ0n) is 10.1. The Morgan fingerprint density at radius 1 is 1.28 bits per heavy atom. The van der Waals surface area contributed by atoms with Gasteiger partial charge in [-0.2, -0.15) is 0 Å². The minimum Gasteiger partial charge on any atom is -0.453 e. The summed E-state index contributed by atoms with van der Waals surface area (Å²) in [6.45, 7) is 2.35. The highest BCUT2D eigenvalue weighted by Gasteiger charge is 2.10. The number of nitrogens with two attached hydrogens (primary N) is 1. The van der Waals surface area contributed by atoms with E-state index in [1.54, 1.807) is 6.20 Å². The van der Waals surface area contributed by atoms with Crippen molar-refractivity contribution < 1.29 is 4.42 Å². The molecule has 0 aliphatic carbocycles. The van der Waals surface area contributed by atoms with Crippen LogP contribution in [0.3, 0.4) is 0 Å². The number of benzene rings is 1. The van der Waals surface area contributed by atoms with Crippen LogP contribution in [0, 0.1) is 6.92 Å². The second-order valence-corrected chi connectivity index (χ2v) is 4.18. The molecule has 2 heterocycles. The van der Waals surface area contributed by atoms with Crippen molar-refractivity contribution in [2.45, 2.75) is 13.5 Å². The number of aromatic nitrogens is 2. The fourth-order valence-corrected chi connectivity index (χ4v) is 1.89. The molecule has 0 atom stereocenters. The van der Waals surface area contributed by atoms with E-state index in [-0.39, 0.29) is 0 Å². The van der Waals surface area contributed by atoms with Crippen LogP contribution in [-0.2, 0) is 6.54 Å². The van der Waals surface area contributed by atoms with E-state index in [9.17, 15) is 0 Å². The quantitative estimate of drug-likeness (QED) is 0.746. The molecule has 3 aromatic rings. The third-order valence-corrected chi connectivity index (χ3v) is 2.92. The summed E-state index contributed by atoms with van der Waals surface area (Å²) >= 11 is 0. The molecule has 0 saturated heterocycles. The first-order chi connectivity index (χ1) is 8.78. The van der Waals surface area contributed by atoms with Crippen LogP contribution in [0.25, 0.3) is 22.6 Å². The van der Waals surface area contributed by atoms with Gasteiger partial charge >= 0.3 is 0 Å². The summed E-state index contributed by atoms with van der Waals surface area (Å²) in [6, 6.07) is 9.79. The van der Waals surface area contributed by atoms with Gasteiger partial charge in [0.1, 0.15) is 5.58 Å². The molecule has 0 bridgehead atoms. The largest absolute Gasteiger partial charge is 0.453 e. The minimum absolute atomic E-state index is 0.404. The van der Waals surface area contributed by atoms with Gasteiger partial charge in [-0.1, -0.05) is 18.2 Å². The molecular weight excluding hydrogens is 226 g/mol. The van der Waals surface area contributed by atoms with E-state index in [2.05, 4.69) is 9.97 Å². The zero-order valence-corrected chi connectivity index (χ0v) is 10.1. The standard InChI is InChI=1S/C14H13N3O/c1-9-8-16-14(17-11(9)7-15)13-6-10-4-2-3-5-12(10)18-13/h2-6,8H,7,15H2,1H3. The molecule has 1 aromatic carbocycles. The molecule has 0 aliphatic rings. The molecular formula is C14H13N3O. The molecule has 0 radical (unpaired) electrons. The monoisotopic (exact) mass is 239 g/mol. The average molecular weight is 239 g/mol. The molecule has 0 amide bonds. The minimum atomic E-state index is 0.404. The van der Waals surface area contributed by atoms with Gasteiger partial charge in [0.2, 0.25) is 0 Å². The van der Waals surface area contributed by atoms with Crippen molar-refractivity contribution in [1.82, 2.24) is 9.97 Å². The molecule has 0 spiro atoms. The van der Waals surface area contributed by atoms with Gasteiger partial charge in [0.25, 0.3) is 0 Å². The van der Waals surface area contributed by atoms with Crippen molar-refractivity contribution >= 4 is 11.0 Å². The van der Waals surface area contributed by atoms with Crippen molar-refractivity contribution in [3.63, 3.8) is 0 Å². The Labute approximate surface area is 104 Å². The lowest BCUT2D eigenvalue weighted by Crippen LogP contribution is -2.04. The fraction of sp³-hybridized carbons (Fsp3) is 0.143. The fourth-order valence-electron chi connectivity index (χ4n) is 1.89. The van der Waals surface area contributed by atoms with Crippen molar-refractivity contribution in [1.29, 1.82) is 0 Å². The molecule has 0 aliphatic heterocycles. The van der Waals surface area contributed by atoms with E-state index >= 15 is 0 Å². The summed E-state index contributed by atoms with van der Waals surface area (Å²) in [6.07, 6.45) is 1.78. The highest BCUT2D eigenvalue weighted by molar-refractivity contribution is 5.81. The highest BCUT2D eigenvalue weighted by Crippen LogP contribution is 2.25. The van der Waals surface area contributed by atoms with Crippen molar-refractivity contribution in [2.24, 2.45) is 5.73 Å².